The number of hydrogen-bond acceptors (Lipinski definition) is 1. The molecule has 1 aromatic rings. The molecule has 0 aromatic heterocycles. The van der Waals surface area contributed by atoms with Crippen LogP contribution in [0.4, 0.5) is 5.69 Å². The quantitative estimate of drug-likeness (QED) is 0.716. The summed E-state index contributed by atoms with van der Waals surface area (Å²) in [5, 5.41) is 0. The zero-order valence-electron chi connectivity index (χ0n) is 13.3. The molecule has 1 rings (SSSR count). The minimum absolute atomic E-state index is 0.254. The highest BCUT2D eigenvalue weighted by molar-refractivity contribution is 5.55. The van der Waals surface area contributed by atoms with Crippen molar-refractivity contribution >= 4 is 5.69 Å². The molecule has 1 nitrogen and oxygen atoms in total. The van der Waals surface area contributed by atoms with Crippen LogP contribution in [0.2, 0.25) is 0 Å². The molecule has 1 heteroatoms. The molecule has 0 fully saturated rings. The van der Waals surface area contributed by atoms with E-state index in [1.165, 1.54) is 11.3 Å². The second kappa shape index (κ2) is 4.95. The van der Waals surface area contributed by atoms with E-state index in [1.807, 2.05) is 0 Å². The summed E-state index contributed by atoms with van der Waals surface area (Å²) in [5.41, 5.74) is 3.31. The van der Waals surface area contributed by atoms with Crippen LogP contribution in [0.5, 0.6) is 0 Å². The summed E-state index contributed by atoms with van der Waals surface area (Å²) in [4.78, 5) is 2.22. The van der Waals surface area contributed by atoms with E-state index in [0.717, 1.165) is 0 Å². The van der Waals surface area contributed by atoms with Gasteiger partial charge in [0, 0.05) is 19.8 Å². The third kappa shape index (κ3) is 3.28. The van der Waals surface area contributed by atoms with E-state index < -0.39 is 0 Å². The Labute approximate surface area is 113 Å². The molecular formula is C17H29N. The van der Waals surface area contributed by atoms with E-state index in [2.05, 4.69) is 84.8 Å². The Morgan fingerprint density at radius 3 is 1.67 bits per heavy atom. The van der Waals surface area contributed by atoms with Crippen molar-refractivity contribution in [2.24, 2.45) is 10.8 Å². The zero-order chi connectivity index (χ0) is 14.1. The van der Waals surface area contributed by atoms with E-state index in [0.29, 0.717) is 5.92 Å². The first kappa shape index (κ1) is 15.1. The summed E-state index contributed by atoms with van der Waals surface area (Å²) >= 11 is 0. The molecule has 0 radical (unpaired) electrons. The molecule has 0 bridgehead atoms. The molecule has 0 amide bonds. The van der Waals surface area contributed by atoms with E-state index in [1.54, 1.807) is 0 Å². The number of benzene rings is 1. The van der Waals surface area contributed by atoms with Gasteiger partial charge in [0.15, 0.2) is 0 Å². The van der Waals surface area contributed by atoms with Crippen LogP contribution in [0.25, 0.3) is 0 Å². The Bertz CT molecular complexity index is 377. The van der Waals surface area contributed by atoms with Crippen LogP contribution in [0.1, 0.15) is 53.0 Å². The molecule has 18 heavy (non-hydrogen) atoms. The average molecular weight is 247 g/mol. The fraction of sp³-hybridized carbons (Fsp3) is 0.647. The van der Waals surface area contributed by atoms with Crippen molar-refractivity contribution < 1.29 is 0 Å². The number of anilines is 1. The van der Waals surface area contributed by atoms with Gasteiger partial charge in [-0.05, 0) is 28.4 Å². The summed E-state index contributed by atoms with van der Waals surface area (Å²) < 4.78 is 0. The first-order valence-electron chi connectivity index (χ1n) is 6.81. The van der Waals surface area contributed by atoms with Gasteiger partial charge in [-0.2, -0.15) is 0 Å². The van der Waals surface area contributed by atoms with Crippen molar-refractivity contribution in [1.29, 1.82) is 0 Å². The lowest BCUT2D eigenvalue weighted by atomic mass is 9.63. The van der Waals surface area contributed by atoms with Crippen molar-refractivity contribution in [2.75, 3.05) is 19.0 Å². The summed E-state index contributed by atoms with van der Waals surface area (Å²) in [7, 11) is 4.25. The standard InChI is InChI=1S/C17H29N/c1-16(2,3)15(17(4,5)6)13-11-9-10-12-14(13)18(7)8/h9-12,15H,1-8H3. The van der Waals surface area contributed by atoms with E-state index in [-0.39, 0.29) is 10.8 Å². The normalized spacial score (nSPS) is 12.9. The first-order chi connectivity index (χ1) is 8.05. The second-order valence-corrected chi connectivity index (χ2v) is 7.62. The molecule has 0 saturated heterocycles. The minimum atomic E-state index is 0.254. The lowest BCUT2D eigenvalue weighted by Crippen LogP contribution is -2.31. The van der Waals surface area contributed by atoms with Gasteiger partial charge in [-0.25, -0.2) is 0 Å². The minimum Gasteiger partial charge on any atom is -0.377 e. The topological polar surface area (TPSA) is 3.24 Å². The predicted octanol–water partition coefficient (Wildman–Crippen LogP) is 4.93. The number of nitrogens with zero attached hydrogens (tertiary/aromatic N) is 1. The van der Waals surface area contributed by atoms with Crippen LogP contribution < -0.4 is 4.90 Å². The fourth-order valence-corrected chi connectivity index (χ4v) is 3.37. The molecule has 0 spiro atoms. The molecule has 0 unspecified atom stereocenters. The van der Waals surface area contributed by atoms with Gasteiger partial charge < -0.3 is 4.90 Å². The molecule has 1 aromatic carbocycles. The van der Waals surface area contributed by atoms with Crippen molar-refractivity contribution in [3.8, 4) is 0 Å². The number of rotatable bonds is 2. The van der Waals surface area contributed by atoms with Crippen molar-refractivity contribution in [2.45, 2.75) is 47.5 Å². The highest BCUT2D eigenvalue weighted by Crippen LogP contribution is 2.49. The Hall–Kier alpha value is -0.980. The third-order valence-corrected chi connectivity index (χ3v) is 3.46. The Morgan fingerprint density at radius 1 is 0.833 bits per heavy atom. The molecule has 0 aliphatic heterocycles. The molecule has 0 heterocycles. The van der Waals surface area contributed by atoms with Gasteiger partial charge >= 0.3 is 0 Å². The highest BCUT2D eigenvalue weighted by atomic mass is 15.1. The van der Waals surface area contributed by atoms with Crippen LogP contribution in [0.15, 0.2) is 24.3 Å². The third-order valence-electron chi connectivity index (χ3n) is 3.46. The Balaban J connectivity index is 3.40. The summed E-state index contributed by atoms with van der Waals surface area (Å²) in [5.74, 6) is 0.531. The summed E-state index contributed by atoms with van der Waals surface area (Å²) in [6, 6.07) is 8.80. The maximum atomic E-state index is 2.34. The number of hydrogen-bond donors (Lipinski definition) is 0. The molecule has 0 N–H and O–H groups in total. The van der Waals surface area contributed by atoms with Gasteiger partial charge in [-0.1, -0.05) is 59.7 Å². The fourth-order valence-electron chi connectivity index (χ4n) is 3.37. The van der Waals surface area contributed by atoms with Crippen LogP contribution in [-0.4, -0.2) is 14.1 Å². The number of para-hydroxylation sites is 1. The van der Waals surface area contributed by atoms with Gasteiger partial charge in [0.05, 0.1) is 0 Å². The predicted molar refractivity (Wildman–Crippen MR) is 82.4 cm³/mol. The molecule has 0 aliphatic carbocycles. The van der Waals surface area contributed by atoms with E-state index >= 15 is 0 Å². The van der Waals surface area contributed by atoms with Gasteiger partial charge in [0.1, 0.15) is 0 Å². The monoisotopic (exact) mass is 247 g/mol. The summed E-state index contributed by atoms with van der Waals surface area (Å²) in [6.07, 6.45) is 0. The zero-order valence-corrected chi connectivity index (χ0v) is 13.3. The van der Waals surface area contributed by atoms with Crippen molar-refractivity contribution in [1.82, 2.24) is 0 Å². The van der Waals surface area contributed by atoms with Crippen LogP contribution >= 0.6 is 0 Å². The first-order valence-corrected chi connectivity index (χ1v) is 6.81. The Kier molecular flexibility index (Phi) is 4.15. The molecule has 102 valence electrons. The molecular weight excluding hydrogens is 218 g/mol. The van der Waals surface area contributed by atoms with E-state index in [9.17, 15) is 0 Å². The van der Waals surface area contributed by atoms with Crippen LogP contribution in [0.3, 0.4) is 0 Å². The van der Waals surface area contributed by atoms with Crippen LogP contribution in [0, 0.1) is 10.8 Å². The van der Waals surface area contributed by atoms with E-state index in [4.69, 9.17) is 0 Å². The lowest BCUT2D eigenvalue weighted by Gasteiger charge is -2.42. The van der Waals surface area contributed by atoms with Gasteiger partial charge in [0.2, 0.25) is 0 Å². The largest absolute Gasteiger partial charge is 0.377 e. The second-order valence-electron chi connectivity index (χ2n) is 7.62. The van der Waals surface area contributed by atoms with Crippen molar-refractivity contribution in [3.05, 3.63) is 29.8 Å². The molecule has 0 saturated carbocycles. The average Bonchev–Trinajstić information content (AvgIpc) is 2.13. The van der Waals surface area contributed by atoms with Crippen molar-refractivity contribution in [3.63, 3.8) is 0 Å². The maximum Gasteiger partial charge on any atom is 0.0396 e. The highest BCUT2D eigenvalue weighted by Gasteiger charge is 2.37. The molecule has 0 atom stereocenters. The maximum absolute atomic E-state index is 2.34. The molecule has 0 aliphatic rings. The Morgan fingerprint density at radius 2 is 1.28 bits per heavy atom. The SMILES string of the molecule is CN(C)c1ccccc1C(C(C)(C)C)C(C)(C)C. The van der Waals surface area contributed by atoms with Crippen LogP contribution in [-0.2, 0) is 0 Å². The lowest BCUT2D eigenvalue weighted by molar-refractivity contribution is 0.176. The smallest absolute Gasteiger partial charge is 0.0396 e. The van der Waals surface area contributed by atoms with Gasteiger partial charge in [0.25, 0.3) is 0 Å². The summed E-state index contributed by atoms with van der Waals surface area (Å²) in [6.45, 7) is 14.1. The van der Waals surface area contributed by atoms with Gasteiger partial charge in [-0.15, -0.1) is 0 Å². The van der Waals surface area contributed by atoms with Gasteiger partial charge in [-0.3, -0.25) is 0 Å².